The van der Waals surface area contributed by atoms with E-state index in [1.807, 2.05) is 0 Å². The predicted molar refractivity (Wildman–Crippen MR) is 67.0 cm³/mol. The topological polar surface area (TPSA) is 56.6 Å². The Morgan fingerprint density at radius 2 is 1.85 bits per heavy atom. The zero-order chi connectivity index (χ0) is 14.9. The van der Waals surface area contributed by atoms with Gasteiger partial charge in [0, 0.05) is 11.3 Å². The molecule has 0 radical (unpaired) electrons. The molecule has 6 heteroatoms. The van der Waals surface area contributed by atoms with Crippen molar-refractivity contribution < 1.29 is 13.2 Å². The summed E-state index contributed by atoms with van der Waals surface area (Å²) in [6.45, 7) is 1.54. The van der Waals surface area contributed by atoms with Crippen molar-refractivity contribution in [2.24, 2.45) is 0 Å². The molecule has 1 heterocycles. The minimum atomic E-state index is -4.56. The quantitative estimate of drug-likeness (QED) is 0.870. The number of H-pyrrole nitrogens is 1. The molecule has 3 nitrogen and oxygen atoms in total. The number of hydrogen-bond donors (Lipinski definition) is 1. The molecule has 102 valence electrons. The lowest BCUT2D eigenvalue weighted by atomic mass is 9.96. The van der Waals surface area contributed by atoms with Gasteiger partial charge in [0.05, 0.1) is 5.56 Å². The molecule has 0 fully saturated rings. The van der Waals surface area contributed by atoms with Gasteiger partial charge >= 0.3 is 6.18 Å². The fourth-order valence-corrected chi connectivity index (χ4v) is 1.98. The maximum absolute atomic E-state index is 13.0. The van der Waals surface area contributed by atoms with Gasteiger partial charge in [-0.1, -0.05) is 18.2 Å². The Morgan fingerprint density at radius 1 is 1.20 bits per heavy atom. The fraction of sp³-hybridized carbons (Fsp3) is 0.143. The number of pyridine rings is 1. The van der Waals surface area contributed by atoms with Crippen molar-refractivity contribution in [2.75, 3.05) is 0 Å². The molecule has 0 aliphatic carbocycles. The van der Waals surface area contributed by atoms with Crippen LogP contribution in [0.25, 0.3) is 11.1 Å². The molecule has 20 heavy (non-hydrogen) atoms. The molecule has 1 N–H and O–H groups in total. The van der Waals surface area contributed by atoms with Crippen LogP contribution in [-0.4, -0.2) is 4.98 Å². The van der Waals surface area contributed by atoms with E-state index in [4.69, 9.17) is 5.26 Å². The highest BCUT2D eigenvalue weighted by Crippen LogP contribution is 2.37. The van der Waals surface area contributed by atoms with Gasteiger partial charge in [-0.05, 0) is 24.6 Å². The van der Waals surface area contributed by atoms with Gasteiger partial charge in [0.2, 0.25) is 0 Å². The van der Waals surface area contributed by atoms with Gasteiger partial charge in [-0.15, -0.1) is 0 Å². The van der Waals surface area contributed by atoms with Crippen LogP contribution >= 0.6 is 0 Å². The lowest BCUT2D eigenvalue weighted by molar-refractivity contribution is -0.137. The molecule has 1 aromatic carbocycles. The number of rotatable bonds is 1. The number of hydrogen-bond acceptors (Lipinski definition) is 2. The molecule has 2 aromatic rings. The Kier molecular flexibility index (Phi) is 3.36. The highest BCUT2D eigenvalue weighted by molar-refractivity contribution is 5.73. The van der Waals surface area contributed by atoms with Gasteiger partial charge in [-0.3, -0.25) is 4.79 Å². The second-order valence-electron chi connectivity index (χ2n) is 4.23. The first-order chi connectivity index (χ1) is 9.34. The number of aromatic nitrogens is 1. The Bertz CT molecular complexity index is 754. The first-order valence-electron chi connectivity index (χ1n) is 5.65. The van der Waals surface area contributed by atoms with Crippen LogP contribution in [0.1, 0.15) is 16.8 Å². The normalized spacial score (nSPS) is 11.2. The highest BCUT2D eigenvalue weighted by atomic mass is 19.4. The van der Waals surface area contributed by atoms with E-state index in [0.717, 1.165) is 6.07 Å². The molecule has 0 aliphatic heterocycles. The molecule has 0 atom stereocenters. The summed E-state index contributed by atoms with van der Waals surface area (Å²) >= 11 is 0. The minimum Gasteiger partial charge on any atom is -0.325 e. The first-order valence-corrected chi connectivity index (χ1v) is 5.65. The van der Waals surface area contributed by atoms with Crippen molar-refractivity contribution in [2.45, 2.75) is 13.1 Å². The zero-order valence-electron chi connectivity index (χ0n) is 10.4. The SMILES string of the molecule is Cc1cc(-c2ccccc2C(F)(F)F)c(C#N)c(=O)[nH]1. The van der Waals surface area contributed by atoms with Gasteiger partial charge in [0.25, 0.3) is 5.56 Å². The van der Waals surface area contributed by atoms with Crippen molar-refractivity contribution in [3.8, 4) is 17.2 Å². The average molecular weight is 278 g/mol. The molecule has 0 saturated carbocycles. The Hall–Kier alpha value is -2.55. The minimum absolute atomic E-state index is 0.0123. The second kappa shape index (κ2) is 4.85. The first kappa shape index (κ1) is 13.9. The van der Waals surface area contributed by atoms with Crippen LogP contribution in [0.3, 0.4) is 0 Å². The molecule has 0 spiro atoms. The summed E-state index contributed by atoms with van der Waals surface area (Å²) in [5.74, 6) is 0. The molecule has 0 bridgehead atoms. The lowest BCUT2D eigenvalue weighted by Gasteiger charge is -2.13. The van der Waals surface area contributed by atoms with Crippen molar-refractivity contribution >= 4 is 0 Å². The summed E-state index contributed by atoms with van der Waals surface area (Å²) in [5.41, 5.74) is -1.69. The van der Waals surface area contributed by atoms with Crippen LogP contribution in [0.4, 0.5) is 13.2 Å². The van der Waals surface area contributed by atoms with E-state index in [9.17, 15) is 18.0 Å². The number of aryl methyl sites for hydroxylation is 1. The Balaban J connectivity index is 2.84. The van der Waals surface area contributed by atoms with Crippen molar-refractivity contribution in [3.05, 3.63) is 57.5 Å². The number of alkyl halides is 3. The molecular formula is C14H9F3N2O. The smallest absolute Gasteiger partial charge is 0.325 e. The van der Waals surface area contributed by atoms with Crippen LogP contribution in [0.5, 0.6) is 0 Å². The third-order valence-electron chi connectivity index (χ3n) is 2.80. The number of nitrogens with zero attached hydrogens (tertiary/aromatic N) is 1. The van der Waals surface area contributed by atoms with Gasteiger partial charge in [-0.2, -0.15) is 18.4 Å². The maximum atomic E-state index is 13.0. The third-order valence-corrected chi connectivity index (χ3v) is 2.80. The Morgan fingerprint density at radius 3 is 2.45 bits per heavy atom. The Labute approximate surface area is 112 Å². The zero-order valence-corrected chi connectivity index (χ0v) is 10.4. The molecule has 0 unspecified atom stereocenters. The second-order valence-corrected chi connectivity index (χ2v) is 4.23. The molecule has 1 aromatic heterocycles. The van der Waals surface area contributed by atoms with Crippen molar-refractivity contribution in [1.29, 1.82) is 5.26 Å². The van der Waals surface area contributed by atoms with E-state index < -0.39 is 17.3 Å². The van der Waals surface area contributed by atoms with E-state index in [1.165, 1.54) is 24.3 Å². The van der Waals surface area contributed by atoms with E-state index in [2.05, 4.69) is 4.98 Å². The van der Waals surface area contributed by atoms with Crippen LogP contribution in [0, 0.1) is 18.3 Å². The summed E-state index contributed by atoms with van der Waals surface area (Å²) in [4.78, 5) is 14.1. The lowest BCUT2D eigenvalue weighted by Crippen LogP contribution is -2.14. The van der Waals surface area contributed by atoms with E-state index in [1.54, 1.807) is 13.0 Å². The molecule has 2 rings (SSSR count). The summed E-state index contributed by atoms with van der Waals surface area (Å²) in [6.07, 6.45) is -4.56. The molecule has 0 amide bonds. The van der Waals surface area contributed by atoms with Crippen LogP contribution in [-0.2, 0) is 6.18 Å². The largest absolute Gasteiger partial charge is 0.417 e. The number of halogens is 3. The number of nitrogens with one attached hydrogen (secondary N) is 1. The van der Waals surface area contributed by atoms with E-state index in [-0.39, 0.29) is 16.7 Å². The van der Waals surface area contributed by atoms with E-state index in [0.29, 0.717) is 5.69 Å². The molecule has 0 saturated heterocycles. The summed E-state index contributed by atoms with van der Waals surface area (Å²) < 4.78 is 39.0. The van der Waals surface area contributed by atoms with Gasteiger partial charge in [0.15, 0.2) is 0 Å². The van der Waals surface area contributed by atoms with Crippen LogP contribution in [0.2, 0.25) is 0 Å². The summed E-state index contributed by atoms with van der Waals surface area (Å²) in [5, 5.41) is 8.99. The molecular weight excluding hydrogens is 269 g/mol. The van der Waals surface area contributed by atoms with E-state index >= 15 is 0 Å². The maximum Gasteiger partial charge on any atom is 0.417 e. The number of aromatic amines is 1. The fourth-order valence-electron chi connectivity index (χ4n) is 1.98. The highest BCUT2D eigenvalue weighted by Gasteiger charge is 2.34. The number of benzene rings is 1. The monoisotopic (exact) mass is 278 g/mol. The van der Waals surface area contributed by atoms with Gasteiger partial charge < -0.3 is 4.98 Å². The molecule has 0 aliphatic rings. The van der Waals surface area contributed by atoms with Crippen LogP contribution in [0.15, 0.2) is 35.1 Å². The summed E-state index contributed by atoms with van der Waals surface area (Å²) in [7, 11) is 0. The van der Waals surface area contributed by atoms with Crippen molar-refractivity contribution in [1.82, 2.24) is 4.98 Å². The summed E-state index contributed by atoms with van der Waals surface area (Å²) in [6, 6.07) is 7.89. The average Bonchev–Trinajstić information content (AvgIpc) is 2.37. The third kappa shape index (κ3) is 2.43. The van der Waals surface area contributed by atoms with Gasteiger partial charge in [-0.25, -0.2) is 0 Å². The number of nitriles is 1. The van der Waals surface area contributed by atoms with Gasteiger partial charge in [0.1, 0.15) is 11.6 Å². The standard InChI is InChI=1S/C14H9F3N2O/c1-8-6-10(11(7-18)13(20)19-8)9-4-2-3-5-12(9)14(15,16)17/h2-6H,1H3,(H,19,20). The predicted octanol–water partition coefficient (Wildman–Crippen LogP) is 3.24. The van der Waals surface area contributed by atoms with Crippen molar-refractivity contribution in [3.63, 3.8) is 0 Å². The van der Waals surface area contributed by atoms with Crippen LogP contribution < -0.4 is 5.56 Å².